The summed E-state index contributed by atoms with van der Waals surface area (Å²) >= 11 is 0. The summed E-state index contributed by atoms with van der Waals surface area (Å²) in [5.74, 6) is -0.0995. The average Bonchev–Trinajstić information content (AvgIpc) is 2.84. The Balaban J connectivity index is 2.67. The van der Waals surface area contributed by atoms with Gasteiger partial charge < -0.3 is 9.67 Å². The fourth-order valence-corrected chi connectivity index (χ4v) is 1.78. The smallest absolute Gasteiger partial charge is 0.223 e. The molecule has 0 unspecified atom stereocenters. The van der Waals surface area contributed by atoms with Crippen LogP contribution >= 0.6 is 0 Å². The number of pyridine rings is 1. The van der Waals surface area contributed by atoms with E-state index in [0.29, 0.717) is 11.7 Å². The van der Waals surface area contributed by atoms with Crippen LogP contribution in [0.4, 0.5) is 0 Å². The van der Waals surface area contributed by atoms with Gasteiger partial charge in [0.1, 0.15) is 0 Å². The third-order valence-electron chi connectivity index (χ3n) is 2.57. The molecule has 1 N–H and O–H groups in total. The molecule has 1 aliphatic carbocycles. The molecule has 1 saturated carbocycles. The van der Waals surface area contributed by atoms with Gasteiger partial charge in [0.05, 0.1) is 5.69 Å². The summed E-state index contributed by atoms with van der Waals surface area (Å²) < 4.78 is 2.05. The number of rotatable bonds is 1. The highest BCUT2D eigenvalue weighted by molar-refractivity contribution is 5.29. The molecule has 0 saturated heterocycles. The van der Waals surface area contributed by atoms with E-state index in [2.05, 4.69) is 4.57 Å². The number of aromatic nitrogens is 1. The number of hydrogen-bond donors (Lipinski definition) is 1. The van der Waals surface area contributed by atoms with Crippen molar-refractivity contribution in [3.8, 4) is 5.75 Å². The van der Waals surface area contributed by atoms with Crippen molar-refractivity contribution in [2.24, 2.45) is 0 Å². The monoisotopic (exact) mass is 179 g/mol. The van der Waals surface area contributed by atoms with Crippen molar-refractivity contribution >= 4 is 0 Å². The highest BCUT2D eigenvalue weighted by Gasteiger charge is 2.26. The van der Waals surface area contributed by atoms with Gasteiger partial charge in [0.15, 0.2) is 5.75 Å². The lowest BCUT2D eigenvalue weighted by molar-refractivity contribution is 0.452. The van der Waals surface area contributed by atoms with Crippen molar-refractivity contribution in [1.29, 1.82) is 0 Å². The third kappa shape index (κ3) is 1.24. The van der Waals surface area contributed by atoms with E-state index in [1.807, 2.05) is 6.92 Å². The van der Waals surface area contributed by atoms with Gasteiger partial charge in [-0.25, -0.2) is 0 Å². The molecule has 70 valence electrons. The number of nitrogens with zero attached hydrogens (tertiary/aromatic N) is 1. The summed E-state index contributed by atoms with van der Waals surface area (Å²) in [4.78, 5) is 11.2. The maximum Gasteiger partial charge on any atom is 0.223 e. The Morgan fingerprint density at radius 3 is 2.62 bits per heavy atom. The van der Waals surface area contributed by atoms with Gasteiger partial charge in [0.25, 0.3) is 0 Å². The largest absolute Gasteiger partial charge is 0.503 e. The molecule has 1 aromatic rings. The van der Waals surface area contributed by atoms with E-state index in [1.54, 1.807) is 6.92 Å². The van der Waals surface area contributed by atoms with Crippen molar-refractivity contribution in [3.63, 3.8) is 0 Å². The summed E-state index contributed by atoms with van der Waals surface area (Å²) in [5, 5.41) is 9.45. The lowest BCUT2D eigenvalue weighted by atomic mass is 10.2. The molecule has 1 aromatic heterocycles. The predicted molar refractivity (Wildman–Crippen MR) is 50.1 cm³/mol. The van der Waals surface area contributed by atoms with E-state index < -0.39 is 0 Å². The zero-order chi connectivity index (χ0) is 9.59. The maximum atomic E-state index is 11.2. The van der Waals surface area contributed by atoms with Gasteiger partial charge in [-0.2, -0.15) is 0 Å². The quantitative estimate of drug-likeness (QED) is 0.710. The molecule has 0 aromatic carbocycles. The molecule has 13 heavy (non-hydrogen) atoms. The normalized spacial score (nSPS) is 16.2. The molecule has 3 heteroatoms. The average molecular weight is 179 g/mol. The van der Waals surface area contributed by atoms with Crippen LogP contribution < -0.4 is 5.43 Å². The Morgan fingerprint density at radius 1 is 1.46 bits per heavy atom. The van der Waals surface area contributed by atoms with Crippen molar-refractivity contribution in [1.82, 2.24) is 4.57 Å². The Hall–Kier alpha value is -1.25. The summed E-state index contributed by atoms with van der Waals surface area (Å²) in [5.41, 5.74) is 1.38. The predicted octanol–water partition coefficient (Wildman–Crippen LogP) is 1.51. The molecule has 1 fully saturated rings. The molecule has 0 atom stereocenters. The van der Waals surface area contributed by atoms with Crippen LogP contribution in [0.1, 0.15) is 30.3 Å². The molecule has 0 bridgehead atoms. The van der Waals surface area contributed by atoms with Crippen molar-refractivity contribution in [3.05, 3.63) is 27.7 Å². The summed E-state index contributed by atoms with van der Waals surface area (Å²) in [6.07, 6.45) is 2.31. The van der Waals surface area contributed by atoms with Crippen LogP contribution in [0.3, 0.4) is 0 Å². The fourth-order valence-electron chi connectivity index (χ4n) is 1.78. The minimum absolute atomic E-state index is 0.0995. The summed E-state index contributed by atoms with van der Waals surface area (Å²) in [6, 6.07) is 2.01. The van der Waals surface area contributed by atoms with Gasteiger partial charge in [-0.05, 0) is 26.7 Å². The molecule has 3 nitrogen and oxygen atoms in total. The lowest BCUT2D eigenvalue weighted by Gasteiger charge is -2.13. The molecule has 0 aliphatic heterocycles. The van der Waals surface area contributed by atoms with Gasteiger partial charge in [0.2, 0.25) is 5.43 Å². The number of aryl methyl sites for hydroxylation is 1. The minimum atomic E-state index is -0.271. The second-order valence-corrected chi connectivity index (χ2v) is 3.69. The third-order valence-corrected chi connectivity index (χ3v) is 2.57. The van der Waals surface area contributed by atoms with Crippen LogP contribution in [0.15, 0.2) is 10.9 Å². The topological polar surface area (TPSA) is 42.2 Å². The van der Waals surface area contributed by atoms with E-state index in [0.717, 1.165) is 18.5 Å². The summed E-state index contributed by atoms with van der Waals surface area (Å²) in [7, 11) is 0. The highest BCUT2D eigenvalue weighted by atomic mass is 16.3. The van der Waals surface area contributed by atoms with Gasteiger partial charge >= 0.3 is 0 Å². The first-order valence-corrected chi connectivity index (χ1v) is 4.53. The van der Waals surface area contributed by atoms with Gasteiger partial charge in [-0.3, -0.25) is 4.79 Å². The molecule has 2 rings (SSSR count). The molecule has 0 amide bonds. The van der Waals surface area contributed by atoms with Gasteiger partial charge in [0, 0.05) is 17.8 Å². The maximum absolute atomic E-state index is 11.2. The van der Waals surface area contributed by atoms with E-state index >= 15 is 0 Å². The zero-order valence-corrected chi connectivity index (χ0v) is 7.87. The Kier molecular flexibility index (Phi) is 1.68. The lowest BCUT2D eigenvalue weighted by Crippen LogP contribution is -2.12. The van der Waals surface area contributed by atoms with Crippen LogP contribution in [0.5, 0.6) is 5.75 Å². The molecule has 1 aliphatic rings. The van der Waals surface area contributed by atoms with E-state index in [4.69, 9.17) is 0 Å². The molecule has 0 spiro atoms. The summed E-state index contributed by atoms with van der Waals surface area (Å²) in [6.45, 7) is 3.70. The SMILES string of the molecule is Cc1cc(=O)c(O)c(C)n1C1CC1. The van der Waals surface area contributed by atoms with Crippen molar-refractivity contribution < 1.29 is 5.11 Å². The Morgan fingerprint density at radius 2 is 2.08 bits per heavy atom. The van der Waals surface area contributed by atoms with Crippen LogP contribution in [0.25, 0.3) is 0 Å². The van der Waals surface area contributed by atoms with Crippen LogP contribution in [0.2, 0.25) is 0 Å². The number of hydrogen-bond acceptors (Lipinski definition) is 2. The van der Waals surface area contributed by atoms with Crippen LogP contribution in [-0.4, -0.2) is 9.67 Å². The fraction of sp³-hybridized carbons (Fsp3) is 0.500. The highest BCUT2D eigenvalue weighted by Crippen LogP contribution is 2.37. The zero-order valence-electron chi connectivity index (χ0n) is 7.87. The second-order valence-electron chi connectivity index (χ2n) is 3.69. The van der Waals surface area contributed by atoms with Crippen LogP contribution in [0, 0.1) is 13.8 Å². The number of aromatic hydroxyl groups is 1. The van der Waals surface area contributed by atoms with Gasteiger partial charge in [-0.15, -0.1) is 0 Å². The van der Waals surface area contributed by atoms with Crippen molar-refractivity contribution in [2.45, 2.75) is 32.7 Å². The Labute approximate surface area is 76.6 Å². The van der Waals surface area contributed by atoms with Crippen LogP contribution in [-0.2, 0) is 0 Å². The van der Waals surface area contributed by atoms with Crippen molar-refractivity contribution in [2.75, 3.05) is 0 Å². The van der Waals surface area contributed by atoms with E-state index in [-0.39, 0.29) is 11.2 Å². The Bertz CT molecular complexity index is 402. The first-order valence-electron chi connectivity index (χ1n) is 4.53. The molecule has 1 heterocycles. The van der Waals surface area contributed by atoms with E-state index in [1.165, 1.54) is 6.07 Å². The second kappa shape index (κ2) is 2.62. The molecular formula is C10H13NO2. The van der Waals surface area contributed by atoms with Gasteiger partial charge in [-0.1, -0.05) is 0 Å². The first-order chi connectivity index (χ1) is 6.11. The first kappa shape index (κ1) is 8.35. The van der Waals surface area contributed by atoms with E-state index in [9.17, 15) is 9.90 Å². The standard InChI is InChI=1S/C10H13NO2/c1-6-5-9(12)10(13)7(2)11(6)8-3-4-8/h5,8,13H,3-4H2,1-2H3. The molecular weight excluding hydrogens is 166 g/mol. The molecule has 0 radical (unpaired) electrons. The minimum Gasteiger partial charge on any atom is -0.503 e.